The van der Waals surface area contributed by atoms with Crippen molar-refractivity contribution < 1.29 is 22.7 Å². The molecule has 0 saturated heterocycles. The van der Waals surface area contributed by atoms with E-state index in [1.54, 1.807) is 6.08 Å². The predicted octanol–water partition coefficient (Wildman–Crippen LogP) is 2.24. The lowest BCUT2D eigenvalue weighted by atomic mass is 10.1. The Bertz CT molecular complexity index is 243. The van der Waals surface area contributed by atoms with Crippen LogP contribution in [0.15, 0.2) is 11.6 Å². The van der Waals surface area contributed by atoms with Crippen LogP contribution in [0.25, 0.3) is 0 Å². The van der Waals surface area contributed by atoms with Gasteiger partial charge in [0, 0.05) is 0 Å². The van der Waals surface area contributed by atoms with Crippen molar-refractivity contribution in [2.75, 3.05) is 13.2 Å². The Morgan fingerprint density at radius 3 is 2.71 bits per heavy atom. The van der Waals surface area contributed by atoms with Crippen LogP contribution in [-0.4, -0.2) is 25.2 Å². The number of carbonyl (C=O) groups excluding carboxylic acids is 1. The van der Waals surface area contributed by atoms with Crippen molar-refractivity contribution in [2.24, 2.45) is 0 Å². The molecule has 0 aromatic rings. The van der Waals surface area contributed by atoms with Crippen molar-refractivity contribution in [1.82, 2.24) is 0 Å². The smallest absolute Gasteiger partial charge is 0.364 e. The maximum Gasteiger partial charge on any atom is 0.411 e. The van der Waals surface area contributed by atoms with Crippen molar-refractivity contribution in [3.05, 3.63) is 11.6 Å². The van der Waals surface area contributed by atoms with E-state index < -0.39 is 19.4 Å². The lowest BCUT2D eigenvalue weighted by molar-refractivity contribution is -0.174. The third-order valence-electron chi connectivity index (χ3n) is 1.90. The number of hydrogen-bond acceptors (Lipinski definition) is 2. The molecule has 0 N–H and O–H groups in total. The first kappa shape index (κ1) is 11.2. The molecule has 80 valence electrons. The maximum absolute atomic E-state index is 11.6. The Morgan fingerprint density at radius 1 is 1.50 bits per heavy atom. The molecule has 0 atom stereocenters. The molecular formula is C9H11F3O2. The Morgan fingerprint density at radius 2 is 2.21 bits per heavy atom. The lowest BCUT2D eigenvalue weighted by Crippen LogP contribution is -2.20. The third kappa shape index (κ3) is 3.91. The van der Waals surface area contributed by atoms with Crippen LogP contribution in [0.3, 0.4) is 0 Å². The van der Waals surface area contributed by atoms with Crippen molar-refractivity contribution in [2.45, 2.75) is 25.4 Å². The Hall–Kier alpha value is -0.840. The summed E-state index contributed by atoms with van der Waals surface area (Å²) in [7, 11) is 0. The molecule has 14 heavy (non-hydrogen) atoms. The Kier molecular flexibility index (Phi) is 3.69. The minimum absolute atomic E-state index is 0.327. The van der Waals surface area contributed by atoms with Gasteiger partial charge >= 0.3 is 6.18 Å². The second-order valence-corrected chi connectivity index (χ2v) is 3.15. The van der Waals surface area contributed by atoms with Gasteiger partial charge in [-0.15, -0.1) is 0 Å². The highest BCUT2D eigenvalue weighted by molar-refractivity contribution is 5.96. The standard InChI is InChI=1S/C9H11F3O2/c10-9(11,12)6-14-5-8(13)7-3-1-2-4-7/h3H,1-2,4-6H2. The third-order valence-corrected chi connectivity index (χ3v) is 1.90. The van der Waals surface area contributed by atoms with Crippen LogP contribution in [0.1, 0.15) is 19.3 Å². The number of rotatable bonds is 4. The summed E-state index contributed by atoms with van der Waals surface area (Å²) in [5.41, 5.74) is 0.604. The summed E-state index contributed by atoms with van der Waals surface area (Å²) >= 11 is 0. The quantitative estimate of drug-likeness (QED) is 0.708. The fourth-order valence-corrected chi connectivity index (χ4v) is 1.28. The van der Waals surface area contributed by atoms with Crippen molar-refractivity contribution in [3.63, 3.8) is 0 Å². The topological polar surface area (TPSA) is 26.3 Å². The highest BCUT2D eigenvalue weighted by atomic mass is 19.4. The van der Waals surface area contributed by atoms with Crippen LogP contribution in [0, 0.1) is 0 Å². The Balaban J connectivity index is 2.22. The predicted molar refractivity (Wildman–Crippen MR) is 43.8 cm³/mol. The number of halogens is 3. The van der Waals surface area contributed by atoms with Crippen molar-refractivity contribution in [3.8, 4) is 0 Å². The summed E-state index contributed by atoms with van der Waals surface area (Å²) in [6, 6.07) is 0. The van der Waals surface area contributed by atoms with E-state index in [0.29, 0.717) is 12.0 Å². The molecule has 0 fully saturated rings. The van der Waals surface area contributed by atoms with E-state index in [1.165, 1.54) is 0 Å². The number of ketones is 1. The van der Waals surface area contributed by atoms with E-state index in [1.807, 2.05) is 0 Å². The molecule has 0 amide bonds. The number of carbonyl (C=O) groups is 1. The van der Waals surface area contributed by atoms with Crippen LogP contribution >= 0.6 is 0 Å². The zero-order valence-corrected chi connectivity index (χ0v) is 7.56. The summed E-state index contributed by atoms with van der Waals surface area (Å²) in [6.07, 6.45) is -0.196. The number of ether oxygens (including phenoxy) is 1. The fraction of sp³-hybridized carbons (Fsp3) is 0.667. The number of hydrogen-bond donors (Lipinski definition) is 0. The Labute approximate surface area is 79.7 Å². The average Bonchev–Trinajstić information content (AvgIpc) is 2.53. The molecule has 1 aliphatic carbocycles. The first-order valence-corrected chi connectivity index (χ1v) is 4.36. The monoisotopic (exact) mass is 208 g/mol. The molecule has 0 radical (unpaired) electrons. The molecule has 0 bridgehead atoms. The molecule has 2 nitrogen and oxygen atoms in total. The first-order chi connectivity index (χ1) is 6.49. The summed E-state index contributed by atoms with van der Waals surface area (Å²) in [6.45, 7) is -1.82. The highest BCUT2D eigenvalue weighted by Gasteiger charge is 2.28. The van der Waals surface area contributed by atoms with Crippen LogP contribution in [0.4, 0.5) is 13.2 Å². The van der Waals surface area contributed by atoms with Gasteiger partial charge < -0.3 is 4.74 Å². The molecule has 1 aliphatic rings. The van der Waals surface area contributed by atoms with Gasteiger partial charge in [-0.2, -0.15) is 13.2 Å². The molecule has 0 aromatic carbocycles. The van der Waals surface area contributed by atoms with Gasteiger partial charge in [0.2, 0.25) is 0 Å². The normalized spacial score (nSPS) is 16.9. The first-order valence-electron chi connectivity index (χ1n) is 4.36. The molecule has 0 heterocycles. The summed E-state index contributed by atoms with van der Waals surface area (Å²) < 4.78 is 39.2. The van der Waals surface area contributed by atoms with Crippen molar-refractivity contribution >= 4 is 5.78 Å². The van der Waals surface area contributed by atoms with E-state index in [-0.39, 0.29) is 5.78 Å². The van der Waals surface area contributed by atoms with Crippen molar-refractivity contribution in [1.29, 1.82) is 0 Å². The summed E-state index contributed by atoms with van der Waals surface area (Å²) in [4.78, 5) is 11.2. The molecule has 0 saturated carbocycles. The number of alkyl halides is 3. The second-order valence-electron chi connectivity index (χ2n) is 3.15. The highest BCUT2D eigenvalue weighted by Crippen LogP contribution is 2.19. The van der Waals surface area contributed by atoms with Gasteiger partial charge in [-0.05, 0) is 24.8 Å². The van der Waals surface area contributed by atoms with Gasteiger partial charge in [0.05, 0.1) is 0 Å². The van der Waals surface area contributed by atoms with E-state index in [0.717, 1.165) is 12.8 Å². The van der Waals surface area contributed by atoms with Gasteiger partial charge in [-0.25, -0.2) is 0 Å². The van der Waals surface area contributed by atoms with Crippen LogP contribution in [0.5, 0.6) is 0 Å². The van der Waals surface area contributed by atoms with Crippen LogP contribution < -0.4 is 0 Å². The SMILES string of the molecule is O=C(COCC(F)(F)F)C1=CCCC1. The summed E-state index contributed by atoms with van der Waals surface area (Å²) in [5, 5.41) is 0. The van der Waals surface area contributed by atoms with E-state index in [4.69, 9.17) is 0 Å². The molecule has 1 rings (SSSR count). The zero-order valence-electron chi connectivity index (χ0n) is 7.56. The second kappa shape index (κ2) is 4.59. The van der Waals surface area contributed by atoms with Gasteiger partial charge in [0.1, 0.15) is 13.2 Å². The van der Waals surface area contributed by atoms with E-state index in [9.17, 15) is 18.0 Å². The van der Waals surface area contributed by atoms with Gasteiger partial charge in [0.25, 0.3) is 0 Å². The average molecular weight is 208 g/mol. The number of Topliss-reactive ketones (excluding diaryl/α,β-unsaturated/α-hetero) is 1. The molecule has 0 unspecified atom stereocenters. The number of allylic oxidation sites excluding steroid dienone is 1. The van der Waals surface area contributed by atoms with Crippen LogP contribution in [-0.2, 0) is 9.53 Å². The van der Waals surface area contributed by atoms with Gasteiger partial charge in [-0.3, -0.25) is 4.79 Å². The maximum atomic E-state index is 11.6. The van der Waals surface area contributed by atoms with Gasteiger partial charge in [0.15, 0.2) is 5.78 Å². The molecule has 5 heteroatoms. The largest absolute Gasteiger partial charge is 0.411 e. The minimum Gasteiger partial charge on any atom is -0.364 e. The lowest BCUT2D eigenvalue weighted by Gasteiger charge is -2.06. The van der Waals surface area contributed by atoms with Crippen LogP contribution in [0.2, 0.25) is 0 Å². The summed E-state index contributed by atoms with van der Waals surface area (Å²) in [5.74, 6) is -0.327. The molecule has 0 aromatic heterocycles. The van der Waals surface area contributed by atoms with E-state index in [2.05, 4.69) is 4.74 Å². The fourth-order valence-electron chi connectivity index (χ4n) is 1.28. The minimum atomic E-state index is -4.36. The zero-order chi connectivity index (χ0) is 10.6. The molecular weight excluding hydrogens is 197 g/mol. The molecule has 0 spiro atoms. The van der Waals surface area contributed by atoms with E-state index >= 15 is 0 Å². The molecule has 0 aliphatic heterocycles. The van der Waals surface area contributed by atoms with Gasteiger partial charge in [-0.1, -0.05) is 6.08 Å².